The van der Waals surface area contributed by atoms with E-state index in [1.54, 1.807) is 5.57 Å². The fraction of sp³-hybridized carbons (Fsp3) is 0.743. The number of hydrogen-bond donors (Lipinski definition) is 0. The highest BCUT2D eigenvalue weighted by molar-refractivity contribution is 9.10. The van der Waals surface area contributed by atoms with Crippen LogP contribution in [0.25, 0.3) is 0 Å². The number of rotatable bonds is 7. The molecule has 3 fully saturated rings. The van der Waals surface area contributed by atoms with Crippen molar-refractivity contribution in [1.29, 1.82) is 0 Å². The van der Waals surface area contributed by atoms with Crippen LogP contribution in [0.15, 0.2) is 34.3 Å². The Balaban J connectivity index is 1.26. The summed E-state index contributed by atoms with van der Waals surface area (Å²) in [6.45, 7) is 14.6. The minimum atomic E-state index is -0.184. The molecule has 3 saturated carbocycles. The first kappa shape index (κ1) is 28.4. The lowest BCUT2D eigenvalue weighted by Crippen LogP contribution is -2.51. The molecular weight excluding hydrogens is 532 g/mol. The smallest absolute Gasteiger partial charge is 0.339 e. The Hall–Kier alpha value is -1.09. The molecule has 2 nitrogen and oxygen atoms in total. The number of carbonyl (C=O) groups excluding carboxylic acids is 1. The van der Waals surface area contributed by atoms with Gasteiger partial charge in [0.2, 0.25) is 0 Å². The lowest BCUT2D eigenvalue weighted by Gasteiger charge is -2.58. The van der Waals surface area contributed by atoms with Crippen LogP contribution in [0.5, 0.6) is 0 Å². The summed E-state index contributed by atoms with van der Waals surface area (Å²) >= 11 is 3.59. The summed E-state index contributed by atoms with van der Waals surface area (Å²) in [6.07, 6.45) is 16.8. The van der Waals surface area contributed by atoms with Gasteiger partial charge in [-0.25, -0.2) is 4.79 Å². The highest BCUT2D eigenvalue weighted by Crippen LogP contribution is 2.67. The van der Waals surface area contributed by atoms with Crippen molar-refractivity contribution in [2.75, 3.05) is 0 Å². The van der Waals surface area contributed by atoms with Gasteiger partial charge in [-0.05, 0) is 126 Å². The molecule has 38 heavy (non-hydrogen) atoms. The summed E-state index contributed by atoms with van der Waals surface area (Å²) in [7, 11) is 0. The lowest BCUT2D eigenvalue weighted by molar-refractivity contribution is -0.0594. The van der Waals surface area contributed by atoms with Crippen LogP contribution in [0, 0.1) is 53.3 Å². The summed E-state index contributed by atoms with van der Waals surface area (Å²) in [5.41, 5.74) is 4.13. The molecule has 0 bridgehead atoms. The van der Waals surface area contributed by atoms with E-state index < -0.39 is 0 Å². The summed E-state index contributed by atoms with van der Waals surface area (Å²) in [5.74, 6) is 4.96. The predicted octanol–water partition coefficient (Wildman–Crippen LogP) is 10.3. The molecule has 0 heterocycles. The number of ether oxygens (including phenoxy) is 1. The minimum absolute atomic E-state index is 0.00203. The molecular formula is C35H51BrO2. The molecule has 0 saturated heterocycles. The fourth-order valence-electron chi connectivity index (χ4n) is 9.77. The van der Waals surface area contributed by atoms with Crippen LogP contribution in [0.4, 0.5) is 0 Å². The van der Waals surface area contributed by atoms with E-state index in [-0.39, 0.29) is 17.5 Å². The molecule has 4 aliphatic rings. The van der Waals surface area contributed by atoms with Crippen LogP contribution in [-0.4, -0.2) is 12.1 Å². The van der Waals surface area contributed by atoms with Crippen molar-refractivity contribution in [3.8, 4) is 0 Å². The third kappa shape index (κ3) is 5.08. The van der Waals surface area contributed by atoms with E-state index in [1.807, 2.05) is 25.1 Å². The second-order valence-corrected chi connectivity index (χ2v) is 15.3. The molecule has 5 rings (SSSR count). The molecule has 0 N–H and O–H groups in total. The second kappa shape index (κ2) is 11.1. The van der Waals surface area contributed by atoms with Gasteiger partial charge in [0.05, 0.1) is 5.56 Å². The number of esters is 1. The van der Waals surface area contributed by atoms with E-state index in [1.165, 1.54) is 51.4 Å². The van der Waals surface area contributed by atoms with Crippen molar-refractivity contribution in [2.24, 2.45) is 46.3 Å². The Morgan fingerprint density at radius 3 is 2.61 bits per heavy atom. The molecule has 3 heteroatoms. The third-order valence-electron chi connectivity index (χ3n) is 11.9. The van der Waals surface area contributed by atoms with E-state index in [9.17, 15) is 4.79 Å². The van der Waals surface area contributed by atoms with Gasteiger partial charge < -0.3 is 4.74 Å². The molecule has 1 aromatic rings. The molecule has 4 aliphatic carbocycles. The first-order valence-corrected chi connectivity index (χ1v) is 16.5. The first-order valence-electron chi connectivity index (χ1n) is 15.7. The van der Waals surface area contributed by atoms with Crippen molar-refractivity contribution in [3.63, 3.8) is 0 Å². The van der Waals surface area contributed by atoms with Gasteiger partial charge in [0.25, 0.3) is 0 Å². The Bertz CT molecular complexity index is 1060. The Kier molecular flexibility index (Phi) is 8.28. The molecule has 210 valence electrons. The summed E-state index contributed by atoms with van der Waals surface area (Å²) < 4.78 is 6.97. The standard InChI is InChI=1S/C35H51BrO2/c1-22(2)9-7-10-23(3)29-15-16-30-27-14-13-25-21-26(38-33(37)28-12-8-11-24(4)32(28)36)17-19-34(25,5)31(27)18-20-35(29,30)6/h8,11-13,22-23,26-27,29-31H,7,9-10,14-21H2,1-6H3/t23-,26+,27+,29-,30+,31+,34+,35-/m1/s1. The number of halogens is 1. The van der Waals surface area contributed by atoms with Crippen LogP contribution in [-0.2, 0) is 4.74 Å². The van der Waals surface area contributed by atoms with Crippen LogP contribution in [0.2, 0.25) is 0 Å². The van der Waals surface area contributed by atoms with E-state index >= 15 is 0 Å². The van der Waals surface area contributed by atoms with E-state index in [0.717, 1.165) is 64.8 Å². The highest BCUT2D eigenvalue weighted by Gasteiger charge is 2.59. The number of benzene rings is 1. The number of fused-ring (bicyclic) bond motifs is 5. The molecule has 8 atom stereocenters. The van der Waals surface area contributed by atoms with Crippen LogP contribution in [0.3, 0.4) is 0 Å². The maximum atomic E-state index is 13.0. The Morgan fingerprint density at radius 1 is 1.05 bits per heavy atom. The normalized spacial score (nSPS) is 37.2. The lowest BCUT2D eigenvalue weighted by atomic mass is 9.47. The van der Waals surface area contributed by atoms with Crippen LogP contribution < -0.4 is 0 Å². The summed E-state index contributed by atoms with van der Waals surface area (Å²) in [5, 5.41) is 0. The SMILES string of the molecule is Cc1cccc(C(=O)O[C@H]2CC[C@@]3(C)C(=CC[C@H]4[C@@H]5CC[C@H]([C@H](C)CCCC(C)C)[C@@]5(C)CC[C@@H]43)C2)c1Br. The van der Waals surface area contributed by atoms with Crippen LogP contribution in [0.1, 0.15) is 121 Å². The minimum Gasteiger partial charge on any atom is -0.458 e. The number of carbonyl (C=O) groups is 1. The van der Waals surface area contributed by atoms with Gasteiger partial charge in [-0.3, -0.25) is 0 Å². The van der Waals surface area contributed by atoms with E-state index in [4.69, 9.17) is 4.74 Å². The van der Waals surface area contributed by atoms with Crippen molar-refractivity contribution in [3.05, 3.63) is 45.4 Å². The van der Waals surface area contributed by atoms with Gasteiger partial charge >= 0.3 is 5.97 Å². The number of aryl methyl sites for hydroxylation is 1. The van der Waals surface area contributed by atoms with Gasteiger partial charge in [0.15, 0.2) is 0 Å². The molecule has 0 aromatic heterocycles. The molecule has 0 radical (unpaired) electrons. The van der Waals surface area contributed by atoms with Crippen molar-refractivity contribution in [1.82, 2.24) is 0 Å². The van der Waals surface area contributed by atoms with Crippen molar-refractivity contribution >= 4 is 21.9 Å². The molecule has 0 aliphatic heterocycles. The first-order chi connectivity index (χ1) is 18.0. The Labute approximate surface area is 240 Å². The second-order valence-electron chi connectivity index (χ2n) is 14.5. The number of allylic oxidation sites excluding steroid dienone is 1. The van der Waals surface area contributed by atoms with Gasteiger partial charge in [0.1, 0.15) is 6.10 Å². The summed E-state index contributed by atoms with van der Waals surface area (Å²) in [6, 6.07) is 5.83. The molecule has 0 spiro atoms. The van der Waals surface area contributed by atoms with E-state index in [0.29, 0.717) is 11.0 Å². The maximum absolute atomic E-state index is 13.0. The monoisotopic (exact) mass is 582 g/mol. The molecule has 0 amide bonds. The third-order valence-corrected chi connectivity index (χ3v) is 13.0. The highest BCUT2D eigenvalue weighted by atomic mass is 79.9. The topological polar surface area (TPSA) is 26.3 Å². The fourth-order valence-corrected chi connectivity index (χ4v) is 10.2. The van der Waals surface area contributed by atoms with Crippen molar-refractivity contribution < 1.29 is 9.53 Å². The Morgan fingerprint density at radius 2 is 1.84 bits per heavy atom. The number of hydrogen-bond acceptors (Lipinski definition) is 2. The summed E-state index contributed by atoms with van der Waals surface area (Å²) in [4.78, 5) is 13.0. The molecule has 1 aromatic carbocycles. The van der Waals surface area contributed by atoms with Crippen molar-refractivity contribution in [2.45, 2.75) is 118 Å². The molecule has 0 unspecified atom stereocenters. The predicted molar refractivity (Wildman–Crippen MR) is 161 cm³/mol. The van der Waals surface area contributed by atoms with Crippen LogP contribution >= 0.6 is 15.9 Å². The van der Waals surface area contributed by atoms with Gasteiger partial charge in [0, 0.05) is 10.9 Å². The zero-order valence-corrected chi connectivity index (χ0v) is 26.4. The largest absolute Gasteiger partial charge is 0.458 e. The quantitative estimate of drug-likeness (QED) is 0.236. The van der Waals surface area contributed by atoms with Gasteiger partial charge in [-0.2, -0.15) is 0 Å². The van der Waals surface area contributed by atoms with Gasteiger partial charge in [-0.15, -0.1) is 0 Å². The van der Waals surface area contributed by atoms with E-state index in [2.05, 4.69) is 56.6 Å². The maximum Gasteiger partial charge on any atom is 0.339 e. The average Bonchev–Trinajstić information content (AvgIpc) is 3.23. The zero-order valence-electron chi connectivity index (χ0n) is 24.8. The average molecular weight is 584 g/mol. The zero-order chi connectivity index (χ0) is 27.2. The van der Waals surface area contributed by atoms with Gasteiger partial charge in [-0.1, -0.05) is 77.7 Å².